The molecule has 2 aromatic heterocycles. The third-order valence-electron chi connectivity index (χ3n) is 2.50. The summed E-state index contributed by atoms with van der Waals surface area (Å²) in [6.45, 7) is 4.13. The van der Waals surface area contributed by atoms with E-state index < -0.39 is 0 Å². The first-order chi connectivity index (χ1) is 7.61. The van der Waals surface area contributed by atoms with Gasteiger partial charge in [0, 0.05) is 18.1 Å². The minimum Gasteiger partial charge on any atom is -0.359 e. The van der Waals surface area contributed by atoms with Gasteiger partial charge >= 0.3 is 0 Å². The monoisotopic (exact) mass is 255 g/mol. The van der Waals surface area contributed by atoms with Crippen molar-refractivity contribution in [3.8, 4) is 0 Å². The molecule has 1 N–H and O–H groups in total. The van der Waals surface area contributed by atoms with Gasteiger partial charge in [0.15, 0.2) is 0 Å². The van der Waals surface area contributed by atoms with Gasteiger partial charge in [-0.1, -0.05) is 11.6 Å². The van der Waals surface area contributed by atoms with Crippen molar-refractivity contribution in [1.29, 1.82) is 0 Å². The lowest BCUT2D eigenvalue weighted by Gasteiger charge is -2.14. The average Bonchev–Trinajstić information content (AvgIpc) is 2.83. The van der Waals surface area contributed by atoms with Crippen LogP contribution < -0.4 is 5.32 Å². The summed E-state index contributed by atoms with van der Waals surface area (Å²) in [5.41, 5.74) is 1.01. The lowest BCUT2D eigenvalue weighted by Crippen LogP contribution is -2.08. The third kappa shape index (κ3) is 2.08. The zero-order valence-electron chi connectivity index (χ0n) is 9.49. The Kier molecular flexibility index (Phi) is 3.21. The molecule has 1 unspecified atom stereocenters. The molecule has 86 valence electrons. The highest BCUT2D eigenvalue weighted by Gasteiger charge is 2.14. The largest absolute Gasteiger partial charge is 0.359 e. The van der Waals surface area contributed by atoms with Crippen molar-refractivity contribution in [3.63, 3.8) is 0 Å². The number of nitrogens with one attached hydrogen (secondary N) is 1. The Morgan fingerprint density at radius 2 is 2.25 bits per heavy atom. The fraction of sp³-hybridized carbons (Fsp3) is 0.364. The molecule has 3 nitrogen and oxygen atoms in total. The predicted octanol–water partition coefficient (Wildman–Crippen LogP) is 3.56. The molecule has 0 saturated heterocycles. The van der Waals surface area contributed by atoms with Gasteiger partial charge in [0.05, 0.1) is 16.1 Å². The Morgan fingerprint density at radius 3 is 2.81 bits per heavy atom. The van der Waals surface area contributed by atoms with E-state index in [0.717, 1.165) is 16.0 Å². The first-order valence-corrected chi connectivity index (χ1v) is 6.29. The molecule has 2 heterocycles. The quantitative estimate of drug-likeness (QED) is 0.909. The van der Waals surface area contributed by atoms with Crippen LogP contribution in [0.15, 0.2) is 18.3 Å². The molecule has 16 heavy (non-hydrogen) atoms. The number of rotatable bonds is 3. The van der Waals surface area contributed by atoms with Crippen molar-refractivity contribution in [2.24, 2.45) is 0 Å². The van der Waals surface area contributed by atoms with Gasteiger partial charge in [0.25, 0.3) is 0 Å². The lowest BCUT2D eigenvalue weighted by atomic mass is 10.3. The molecule has 2 rings (SSSR count). The highest BCUT2D eigenvalue weighted by atomic mass is 35.5. The van der Waals surface area contributed by atoms with Crippen LogP contribution in [-0.4, -0.2) is 16.6 Å². The summed E-state index contributed by atoms with van der Waals surface area (Å²) in [5.74, 6) is 0.884. The van der Waals surface area contributed by atoms with Crippen molar-refractivity contribution >= 4 is 28.9 Å². The van der Waals surface area contributed by atoms with Crippen LogP contribution >= 0.6 is 22.9 Å². The van der Waals surface area contributed by atoms with E-state index in [4.69, 9.17) is 11.6 Å². The Morgan fingerprint density at radius 1 is 1.50 bits per heavy atom. The molecule has 0 bridgehead atoms. The van der Waals surface area contributed by atoms with E-state index in [9.17, 15) is 0 Å². The summed E-state index contributed by atoms with van der Waals surface area (Å²) in [7, 11) is 1.88. The summed E-state index contributed by atoms with van der Waals surface area (Å²) in [6, 6.07) is 4.24. The molecule has 0 aliphatic heterocycles. The van der Waals surface area contributed by atoms with Crippen LogP contribution in [0.4, 0.5) is 5.95 Å². The average molecular weight is 256 g/mol. The highest BCUT2D eigenvalue weighted by molar-refractivity contribution is 7.16. The van der Waals surface area contributed by atoms with E-state index in [1.54, 1.807) is 11.3 Å². The van der Waals surface area contributed by atoms with Gasteiger partial charge in [0.1, 0.15) is 0 Å². The van der Waals surface area contributed by atoms with Gasteiger partial charge < -0.3 is 9.88 Å². The molecule has 0 aromatic carbocycles. The van der Waals surface area contributed by atoms with Crippen LogP contribution in [0.2, 0.25) is 4.34 Å². The number of imidazole rings is 1. The van der Waals surface area contributed by atoms with Crippen molar-refractivity contribution in [2.45, 2.75) is 19.9 Å². The molecule has 0 aliphatic carbocycles. The predicted molar refractivity (Wildman–Crippen MR) is 69.7 cm³/mol. The van der Waals surface area contributed by atoms with E-state index in [-0.39, 0.29) is 6.04 Å². The van der Waals surface area contributed by atoms with Crippen LogP contribution in [0.1, 0.15) is 23.5 Å². The fourth-order valence-corrected chi connectivity index (χ4v) is 2.80. The van der Waals surface area contributed by atoms with Gasteiger partial charge in [-0.3, -0.25) is 0 Å². The summed E-state index contributed by atoms with van der Waals surface area (Å²) in [5, 5.41) is 3.10. The molecule has 0 saturated carbocycles. The van der Waals surface area contributed by atoms with E-state index in [1.807, 2.05) is 26.2 Å². The molecular formula is C11H14ClN3S. The first-order valence-electron chi connectivity index (χ1n) is 5.10. The normalized spacial score (nSPS) is 12.8. The van der Waals surface area contributed by atoms with Crippen LogP contribution in [0.25, 0.3) is 0 Å². The minimum atomic E-state index is 0.251. The standard InChI is InChI=1S/C11H14ClN3S/c1-7-6-15(11(13-3)14-7)8(2)9-4-5-10(12)16-9/h4-6,8H,1-3H3,(H,13,14). The van der Waals surface area contributed by atoms with E-state index in [1.165, 1.54) is 4.88 Å². The zero-order valence-corrected chi connectivity index (χ0v) is 11.1. The molecule has 1 atom stereocenters. The van der Waals surface area contributed by atoms with Crippen molar-refractivity contribution in [2.75, 3.05) is 12.4 Å². The third-order valence-corrected chi connectivity index (χ3v) is 3.90. The summed E-state index contributed by atoms with van der Waals surface area (Å²) in [6.07, 6.45) is 2.05. The molecule has 0 amide bonds. The Bertz CT molecular complexity index is 489. The fourth-order valence-electron chi connectivity index (χ4n) is 1.69. The topological polar surface area (TPSA) is 29.9 Å². The number of aromatic nitrogens is 2. The number of nitrogens with zero attached hydrogens (tertiary/aromatic N) is 2. The van der Waals surface area contributed by atoms with Crippen molar-refractivity contribution in [1.82, 2.24) is 9.55 Å². The number of thiophene rings is 1. The molecule has 0 fully saturated rings. The van der Waals surface area contributed by atoms with Gasteiger partial charge in [-0.25, -0.2) is 4.98 Å². The Hall–Kier alpha value is -1.000. The maximum Gasteiger partial charge on any atom is 0.203 e. The number of hydrogen-bond donors (Lipinski definition) is 1. The Balaban J connectivity index is 2.36. The van der Waals surface area contributed by atoms with Crippen LogP contribution in [0.3, 0.4) is 0 Å². The molecule has 0 aliphatic rings. The summed E-state index contributed by atoms with van der Waals surface area (Å²) < 4.78 is 2.95. The number of anilines is 1. The van der Waals surface area contributed by atoms with E-state index in [0.29, 0.717) is 0 Å². The van der Waals surface area contributed by atoms with Crippen LogP contribution in [0, 0.1) is 6.92 Å². The second-order valence-electron chi connectivity index (χ2n) is 3.68. The maximum atomic E-state index is 5.95. The minimum absolute atomic E-state index is 0.251. The molecule has 0 radical (unpaired) electrons. The Labute approximate surface area is 104 Å². The maximum absolute atomic E-state index is 5.95. The number of aryl methyl sites for hydroxylation is 1. The van der Waals surface area contributed by atoms with Gasteiger partial charge in [-0.05, 0) is 26.0 Å². The van der Waals surface area contributed by atoms with Crippen LogP contribution in [-0.2, 0) is 0 Å². The van der Waals surface area contributed by atoms with Gasteiger partial charge in [-0.2, -0.15) is 0 Å². The lowest BCUT2D eigenvalue weighted by molar-refractivity contribution is 0.656. The zero-order chi connectivity index (χ0) is 11.7. The molecule has 2 aromatic rings. The second-order valence-corrected chi connectivity index (χ2v) is 5.43. The van der Waals surface area contributed by atoms with Crippen molar-refractivity contribution < 1.29 is 0 Å². The smallest absolute Gasteiger partial charge is 0.203 e. The number of halogens is 1. The highest BCUT2D eigenvalue weighted by Crippen LogP contribution is 2.30. The summed E-state index contributed by atoms with van der Waals surface area (Å²) in [4.78, 5) is 5.64. The molecule has 0 spiro atoms. The number of hydrogen-bond acceptors (Lipinski definition) is 3. The molecule has 5 heteroatoms. The SMILES string of the molecule is CNc1nc(C)cn1C(C)c1ccc(Cl)s1. The van der Waals surface area contributed by atoms with Crippen LogP contribution in [0.5, 0.6) is 0 Å². The second kappa shape index (κ2) is 4.47. The molecular weight excluding hydrogens is 242 g/mol. The van der Waals surface area contributed by atoms with Crippen molar-refractivity contribution in [3.05, 3.63) is 33.2 Å². The van der Waals surface area contributed by atoms with E-state index >= 15 is 0 Å². The first kappa shape index (κ1) is 11.5. The summed E-state index contributed by atoms with van der Waals surface area (Å²) >= 11 is 7.56. The van der Waals surface area contributed by atoms with Gasteiger partial charge in [0.2, 0.25) is 5.95 Å². The van der Waals surface area contributed by atoms with E-state index in [2.05, 4.69) is 27.9 Å². The van der Waals surface area contributed by atoms with Gasteiger partial charge in [-0.15, -0.1) is 11.3 Å².